The molecule has 0 unspecified atom stereocenters. The van der Waals surface area contributed by atoms with Crippen molar-refractivity contribution < 1.29 is 4.79 Å². The van der Waals surface area contributed by atoms with Gasteiger partial charge in [0.05, 0.1) is 17.2 Å². The molecule has 6 nitrogen and oxygen atoms in total. The Bertz CT molecular complexity index is 950. The van der Waals surface area contributed by atoms with Gasteiger partial charge in [-0.15, -0.1) is 0 Å². The zero-order valence-electron chi connectivity index (χ0n) is 17.6. The Hall–Kier alpha value is -2.47. The van der Waals surface area contributed by atoms with E-state index in [1.54, 1.807) is 0 Å². The number of aromatic amines is 1. The van der Waals surface area contributed by atoms with Crippen molar-refractivity contribution in [1.82, 2.24) is 19.8 Å². The van der Waals surface area contributed by atoms with E-state index in [-0.39, 0.29) is 23.3 Å². The largest absolute Gasteiger partial charge is 0.341 e. The molecule has 2 atom stereocenters. The lowest BCUT2D eigenvalue weighted by molar-refractivity contribution is -0.133. The molecule has 0 bridgehead atoms. The van der Waals surface area contributed by atoms with Crippen molar-refractivity contribution in [1.29, 1.82) is 0 Å². The molecule has 2 aliphatic heterocycles. The summed E-state index contributed by atoms with van der Waals surface area (Å²) in [6.07, 6.45) is 2.69. The molecule has 154 valence electrons. The second kappa shape index (κ2) is 8.11. The molecule has 2 aliphatic rings. The van der Waals surface area contributed by atoms with Crippen molar-refractivity contribution >= 4 is 5.91 Å². The van der Waals surface area contributed by atoms with E-state index in [0.717, 1.165) is 55.0 Å². The number of nitrogens with one attached hydrogen (secondary N) is 1. The van der Waals surface area contributed by atoms with E-state index < -0.39 is 0 Å². The number of aryl methyl sites for hydroxylation is 1. The Morgan fingerprint density at radius 2 is 2.00 bits per heavy atom. The standard InChI is InChI=1S/C23H30N4O2/c1-15-6-8-17(9-7-15)16(2)23(29)27-11-4-5-18(13-27)21-24-20-10-12-26(3)14-19(20)22(28)25-21/h6-9,16,18H,4-5,10-14H2,1-3H3,(H,24,25,28)/t16-,18+/m1/s1. The highest BCUT2D eigenvalue weighted by molar-refractivity contribution is 5.83. The first kappa shape index (κ1) is 19.8. The van der Waals surface area contributed by atoms with E-state index in [9.17, 15) is 9.59 Å². The van der Waals surface area contributed by atoms with Crippen molar-refractivity contribution in [3.8, 4) is 0 Å². The molecule has 29 heavy (non-hydrogen) atoms. The van der Waals surface area contributed by atoms with Gasteiger partial charge in [0.15, 0.2) is 0 Å². The molecule has 1 N–H and O–H groups in total. The zero-order chi connectivity index (χ0) is 20.5. The van der Waals surface area contributed by atoms with Crippen LogP contribution in [-0.4, -0.2) is 52.4 Å². The maximum absolute atomic E-state index is 13.1. The zero-order valence-corrected chi connectivity index (χ0v) is 17.6. The Morgan fingerprint density at radius 3 is 2.76 bits per heavy atom. The average Bonchev–Trinajstić information content (AvgIpc) is 2.73. The predicted octanol–water partition coefficient (Wildman–Crippen LogP) is 2.58. The van der Waals surface area contributed by atoms with Crippen LogP contribution in [0.1, 0.15) is 59.8 Å². The smallest absolute Gasteiger partial charge is 0.255 e. The van der Waals surface area contributed by atoms with Crippen LogP contribution in [0.3, 0.4) is 0 Å². The van der Waals surface area contributed by atoms with Crippen molar-refractivity contribution in [3.63, 3.8) is 0 Å². The number of nitrogens with zero attached hydrogens (tertiary/aromatic N) is 3. The van der Waals surface area contributed by atoms with Gasteiger partial charge >= 0.3 is 0 Å². The molecule has 1 aromatic heterocycles. The maximum Gasteiger partial charge on any atom is 0.255 e. The SMILES string of the molecule is Cc1ccc([C@@H](C)C(=O)N2CCC[C@H](c3nc4c(c(=O)[nH]3)CN(C)CC4)C2)cc1. The summed E-state index contributed by atoms with van der Waals surface area (Å²) in [4.78, 5) is 37.7. The van der Waals surface area contributed by atoms with Crippen molar-refractivity contribution in [3.05, 3.63) is 62.8 Å². The van der Waals surface area contributed by atoms with Gasteiger partial charge in [-0.3, -0.25) is 9.59 Å². The van der Waals surface area contributed by atoms with Gasteiger partial charge in [-0.2, -0.15) is 0 Å². The Kier molecular flexibility index (Phi) is 5.54. The summed E-state index contributed by atoms with van der Waals surface area (Å²) in [7, 11) is 2.02. The average molecular weight is 395 g/mol. The van der Waals surface area contributed by atoms with Gasteiger partial charge in [-0.25, -0.2) is 4.98 Å². The van der Waals surface area contributed by atoms with Gasteiger partial charge in [0.25, 0.3) is 5.56 Å². The van der Waals surface area contributed by atoms with E-state index >= 15 is 0 Å². The number of piperidine rings is 1. The fourth-order valence-electron chi connectivity index (χ4n) is 4.44. The maximum atomic E-state index is 13.1. The van der Waals surface area contributed by atoms with Crippen LogP contribution in [-0.2, 0) is 17.8 Å². The van der Waals surface area contributed by atoms with Crippen molar-refractivity contribution in [2.45, 2.75) is 51.5 Å². The third-order valence-electron chi connectivity index (χ3n) is 6.35. The van der Waals surface area contributed by atoms with E-state index in [1.807, 2.05) is 31.0 Å². The van der Waals surface area contributed by atoms with E-state index in [0.29, 0.717) is 13.1 Å². The first-order valence-corrected chi connectivity index (χ1v) is 10.6. The minimum atomic E-state index is -0.166. The normalized spacial score (nSPS) is 20.9. The summed E-state index contributed by atoms with van der Waals surface area (Å²) in [5.41, 5.74) is 3.94. The Balaban J connectivity index is 1.51. The number of carbonyl (C=O) groups excluding carboxylic acids is 1. The second-order valence-electron chi connectivity index (χ2n) is 8.62. The van der Waals surface area contributed by atoms with Crippen LogP contribution < -0.4 is 5.56 Å². The molecule has 0 spiro atoms. The van der Waals surface area contributed by atoms with Crippen molar-refractivity contribution in [2.75, 3.05) is 26.7 Å². The fourth-order valence-corrected chi connectivity index (χ4v) is 4.44. The number of fused-ring (bicyclic) bond motifs is 1. The summed E-state index contributed by atoms with van der Waals surface area (Å²) in [5, 5.41) is 0. The van der Waals surface area contributed by atoms with E-state index in [4.69, 9.17) is 4.98 Å². The highest BCUT2D eigenvalue weighted by Gasteiger charge is 2.30. The number of hydrogen-bond acceptors (Lipinski definition) is 4. The van der Waals surface area contributed by atoms with Crippen LogP contribution in [0.5, 0.6) is 0 Å². The Morgan fingerprint density at radius 1 is 1.24 bits per heavy atom. The number of rotatable bonds is 3. The molecule has 3 heterocycles. The number of aromatic nitrogens is 2. The van der Waals surface area contributed by atoms with Crippen molar-refractivity contribution in [2.24, 2.45) is 0 Å². The van der Waals surface area contributed by atoms with E-state index in [2.05, 4.69) is 28.9 Å². The van der Waals surface area contributed by atoms with Crippen LogP contribution in [0, 0.1) is 6.92 Å². The fraction of sp³-hybridized carbons (Fsp3) is 0.522. The number of H-pyrrole nitrogens is 1. The molecule has 1 amide bonds. The van der Waals surface area contributed by atoms with E-state index in [1.165, 1.54) is 5.56 Å². The number of benzene rings is 1. The molecule has 0 saturated carbocycles. The highest BCUT2D eigenvalue weighted by atomic mass is 16.2. The summed E-state index contributed by atoms with van der Waals surface area (Å²) >= 11 is 0. The molecular formula is C23H30N4O2. The molecule has 2 aromatic rings. The molecule has 0 aliphatic carbocycles. The topological polar surface area (TPSA) is 69.3 Å². The lowest BCUT2D eigenvalue weighted by Crippen LogP contribution is -2.42. The van der Waals surface area contributed by atoms with Gasteiger partial charge in [0.1, 0.15) is 5.82 Å². The molecule has 1 fully saturated rings. The molecule has 1 saturated heterocycles. The third kappa shape index (κ3) is 4.13. The van der Waals surface area contributed by atoms with Gasteiger partial charge in [0.2, 0.25) is 5.91 Å². The summed E-state index contributed by atoms with van der Waals surface area (Å²) in [6, 6.07) is 8.19. The second-order valence-corrected chi connectivity index (χ2v) is 8.62. The lowest BCUT2D eigenvalue weighted by Gasteiger charge is -2.34. The lowest BCUT2D eigenvalue weighted by atomic mass is 9.93. The highest BCUT2D eigenvalue weighted by Crippen LogP contribution is 2.28. The van der Waals surface area contributed by atoms with Gasteiger partial charge in [0, 0.05) is 38.5 Å². The van der Waals surface area contributed by atoms with Gasteiger partial charge < -0.3 is 14.8 Å². The quantitative estimate of drug-likeness (QED) is 0.869. The number of likely N-dealkylation sites (N-methyl/N-ethyl adjacent to an activating group) is 1. The van der Waals surface area contributed by atoms with Crippen LogP contribution in [0.4, 0.5) is 0 Å². The number of likely N-dealkylation sites (tertiary alicyclic amines) is 1. The molecular weight excluding hydrogens is 364 g/mol. The van der Waals surface area contributed by atoms with Gasteiger partial charge in [-0.1, -0.05) is 29.8 Å². The monoisotopic (exact) mass is 394 g/mol. The molecule has 6 heteroatoms. The summed E-state index contributed by atoms with van der Waals surface area (Å²) < 4.78 is 0. The summed E-state index contributed by atoms with van der Waals surface area (Å²) in [6.45, 7) is 7.00. The number of carbonyl (C=O) groups is 1. The van der Waals surface area contributed by atoms with Crippen LogP contribution in [0.2, 0.25) is 0 Å². The molecule has 0 radical (unpaired) electrons. The first-order chi connectivity index (χ1) is 13.9. The molecule has 1 aromatic carbocycles. The first-order valence-electron chi connectivity index (χ1n) is 10.6. The van der Waals surface area contributed by atoms with Crippen LogP contribution in [0.15, 0.2) is 29.1 Å². The third-order valence-corrected chi connectivity index (χ3v) is 6.35. The summed E-state index contributed by atoms with van der Waals surface area (Å²) in [5.74, 6) is 0.829. The minimum Gasteiger partial charge on any atom is -0.341 e. The molecule has 4 rings (SSSR count). The number of hydrogen-bond donors (Lipinski definition) is 1. The predicted molar refractivity (Wildman–Crippen MR) is 113 cm³/mol. The minimum absolute atomic E-state index is 0.0203. The van der Waals surface area contributed by atoms with Crippen LogP contribution in [0.25, 0.3) is 0 Å². The number of amides is 1. The van der Waals surface area contributed by atoms with Crippen LogP contribution >= 0.6 is 0 Å². The van der Waals surface area contributed by atoms with Gasteiger partial charge in [-0.05, 0) is 39.3 Å². The Labute approximate surface area is 172 Å².